The van der Waals surface area contributed by atoms with Gasteiger partial charge in [-0.05, 0) is 12.1 Å². The van der Waals surface area contributed by atoms with Crippen molar-refractivity contribution in [1.29, 1.82) is 0 Å². The number of hydrogen-bond acceptors (Lipinski definition) is 3. The van der Waals surface area contributed by atoms with Crippen molar-refractivity contribution in [2.75, 3.05) is 5.73 Å². The molecule has 2 rings (SSSR count). The standard InChI is InChI=1S/C8H6F2N4/c9-5-1-2-6(10)7(3-5)14-12-4-8(11)13-14/h1-4H,(H2,11,13). The molecule has 0 unspecified atom stereocenters. The topological polar surface area (TPSA) is 56.7 Å². The molecule has 0 atom stereocenters. The molecule has 1 aromatic heterocycles. The summed E-state index contributed by atoms with van der Waals surface area (Å²) < 4.78 is 25.9. The van der Waals surface area contributed by atoms with Crippen LogP contribution in [0.3, 0.4) is 0 Å². The minimum absolute atomic E-state index is 0.0679. The molecule has 2 N–H and O–H groups in total. The summed E-state index contributed by atoms with van der Waals surface area (Å²) in [5.74, 6) is -1.02. The maximum absolute atomic E-state index is 13.2. The normalized spacial score (nSPS) is 10.4. The Labute approximate surface area is 78.0 Å². The molecule has 0 aliphatic carbocycles. The molecule has 0 spiro atoms. The van der Waals surface area contributed by atoms with E-state index in [1.165, 1.54) is 6.20 Å². The molecule has 0 saturated heterocycles. The largest absolute Gasteiger partial charge is 0.381 e. The minimum atomic E-state index is -0.609. The summed E-state index contributed by atoms with van der Waals surface area (Å²) in [5.41, 5.74) is 5.23. The molecule has 0 aliphatic rings. The van der Waals surface area contributed by atoms with Gasteiger partial charge in [-0.25, -0.2) is 8.78 Å². The SMILES string of the molecule is Nc1cnn(-c2cc(F)ccc2F)n1. The number of rotatable bonds is 1. The smallest absolute Gasteiger partial charge is 0.166 e. The average molecular weight is 196 g/mol. The highest BCUT2D eigenvalue weighted by atomic mass is 19.1. The fourth-order valence-electron chi connectivity index (χ4n) is 1.03. The van der Waals surface area contributed by atoms with Crippen molar-refractivity contribution in [3.05, 3.63) is 36.0 Å². The number of nitrogen functional groups attached to an aromatic ring is 1. The van der Waals surface area contributed by atoms with Gasteiger partial charge in [-0.1, -0.05) is 0 Å². The van der Waals surface area contributed by atoms with Crippen LogP contribution in [0, 0.1) is 11.6 Å². The first kappa shape index (κ1) is 8.61. The number of benzene rings is 1. The maximum Gasteiger partial charge on any atom is 0.166 e. The lowest BCUT2D eigenvalue weighted by Gasteiger charge is -2.00. The number of aromatic nitrogens is 3. The van der Waals surface area contributed by atoms with Crippen LogP contribution in [0.2, 0.25) is 0 Å². The van der Waals surface area contributed by atoms with Crippen LogP contribution in [0.1, 0.15) is 0 Å². The summed E-state index contributed by atoms with van der Waals surface area (Å²) >= 11 is 0. The van der Waals surface area contributed by atoms with E-state index in [2.05, 4.69) is 10.2 Å². The third kappa shape index (κ3) is 1.41. The Bertz CT molecular complexity index is 466. The molecular formula is C8H6F2N4. The first-order valence-electron chi connectivity index (χ1n) is 3.80. The van der Waals surface area contributed by atoms with E-state index >= 15 is 0 Å². The van der Waals surface area contributed by atoms with Crippen LogP contribution < -0.4 is 5.73 Å². The fraction of sp³-hybridized carbons (Fsp3) is 0. The van der Waals surface area contributed by atoms with Gasteiger partial charge >= 0.3 is 0 Å². The van der Waals surface area contributed by atoms with Gasteiger partial charge in [0.15, 0.2) is 11.6 Å². The second-order valence-corrected chi connectivity index (χ2v) is 2.65. The highest BCUT2D eigenvalue weighted by molar-refractivity contribution is 5.33. The second-order valence-electron chi connectivity index (χ2n) is 2.65. The number of anilines is 1. The molecule has 0 aliphatic heterocycles. The van der Waals surface area contributed by atoms with Crippen LogP contribution in [0.4, 0.5) is 14.6 Å². The van der Waals surface area contributed by atoms with E-state index in [9.17, 15) is 8.78 Å². The van der Waals surface area contributed by atoms with Gasteiger partial charge in [0.25, 0.3) is 0 Å². The first-order chi connectivity index (χ1) is 6.66. The highest BCUT2D eigenvalue weighted by Gasteiger charge is 2.07. The van der Waals surface area contributed by atoms with Crippen LogP contribution >= 0.6 is 0 Å². The zero-order chi connectivity index (χ0) is 10.1. The van der Waals surface area contributed by atoms with Crippen molar-refractivity contribution in [2.45, 2.75) is 0 Å². The van der Waals surface area contributed by atoms with E-state index < -0.39 is 11.6 Å². The molecule has 0 bridgehead atoms. The Morgan fingerprint density at radius 1 is 1.29 bits per heavy atom. The molecule has 0 amide bonds. The lowest BCUT2D eigenvalue weighted by Crippen LogP contribution is -2.02. The quantitative estimate of drug-likeness (QED) is 0.743. The minimum Gasteiger partial charge on any atom is -0.381 e. The molecule has 14 heavy (non-hydrogen) atoms. The lowest BCUT2D eigenvalue weighted by molar-refractivity contribution is 0.576. The summed E-state index contributed by atoms with van der Waals surface area (Å²) in [4.78, 5) is 0.938. The van der Waals surface area contributed by atoms with Crippen molar-refractivity contribution in [3.63, 3.8) is 0 Å². The Morgan fingerprint density at radius 3 is 2.71 bits per heavy atom. The summed E-state index contributed by atoms with van der Waals surface area (Å²) in [5, 5.41) is 7.32. The van der Waals surface area contributed by atoms with Gasteiger partial charge in [0.1, 0.15) is 11.5 Å². The third-order valence-corrected chi connectivity index (χ3v) is 1.63. The predicted octanol–water partition coefficient (Wildman–Crippen LogP) is 1.13. The Kier molecular flexibility index (Phi) is 1.88. The molecule has 1 aromatic carbocycles. The maximum atomic E-state index is 13.2. The number of nitrogens with zero attached hydrogens (tertiary/aromatic N) is 3. The summed E-state index contributed by atoms with van der Waals surface area (Å²) in [6.07, 6.45) is 1.25. The van der Waals surface area contributed by atoms with Gasteiger partial charge in [-0.2, -0.15) is 5.10 Å². The van der Waals surface area contributed by atoms with Gasteiger partial charge in [0.2, 0.25) is 0 Å². The van der Waals surface area contributed by atoms with Gasteiger partial charge in [-0.15, -0.1) is 9.90 Å². The van der Waals surface area contributed by atoms with E-state index in [0.717, 1.165) is 23.0 Å². The van der Waals surface area contributed by atoms with Gasteiger partial charge in [0.05, 0.1) is 6.20 Å². The van der Waals surface area contributed by atoms with Crippen molar-refractivity contribution >= 4 is 5.82 Å². The number of hydrogen-bond donors (Lipinski definition) is 1. The monoisotopic (exact) mass is 196 g/mol. The van der Waals surface area contributed by atoms with E-state index in [-0.39, 0.29) is 11.5 Å². The van der Waals surface area contributed by atoms with Gasteiger partial charge < -0.3 is 5.73 Å². The van der Waals surface area contributed by atoms with Gasteiger partial charge in [-0.3, -0.25) is 0 Å². The zero-order valence-corrected chi connectivity index (χ0v) is 6.98. The number of nitrogens with two attached hydrogens (primary N) is 1. The van der Waals surface area contributed by atoms with Crippen LogP contribution in [-0.4, -0.2) is 15.0 Å². The summed E-state index contributed by atoms with van der Waals surface area (Å²) in [7, 11) is 0. The summed E-state index contributed by atoms with van der Waals surface area (Å²) in [6, 6.07) is 3.02. The van der Waals surface area contributed by atoms with E-state index in [4.69, 9.17) is 5.73 Å². The van der Waals surface area contributed by atoms with Crippen LogP contribution in [0.5, 0.6) is 0 Å². The third-order valence-electron chi connectivity index (χ3n) is 1.63. The molecule has 6 heteroatoms. The molecule has 0 radical (unpaired) electrons. The highest BCUT2D eigenvalue weighted by Crippen LogP contribution is 2.13. The second kappa shape index (κ2) is 3.06. The summed E-state index contributed by atoms with van der Waals surface area (Å²) in [6.45, 7) is 0. The van der Waals surface area contributed by atoms with E-state index in [1.54, 1.807) is 0 Å². The Balaban J connectivity index is 2.55. The number of halogens is 2. The van der Waals surface area contributed by atoms with E-state index in [1.807, 2.05) is 0 Å². The zero-order valence-electron chi connectivity index (χ0n) is 6.98. The average Bonchev–Trinajstić information content (AvgIpc) is 2.56. The van der Waals surface area contributed by atoms with Crippen LogP contribution in [-0.2, 0) is 0 Å². The van der Waals surface area contributed by atoms with Crippen molar-refractivity contribution in [1.82, 2.24) is 15.0 Å². The molecule has 1 heterocycles. The molecule has 0 fully saturated rings. The van der Waals surface area contributed by atoms with Crippen molar-refractivity contribution < 1.29 is 8.78 Å². The molecule has 0 saturated carbocycles. The van der Waals surface area contributed by atoms with E-state index in [0.29, 0.717) is 0 Å². The molecule has 72 valence electrons. The Morgan fingerprint density at radius 2 is 2.07 bits per heavy atom. The molecule has 4 nitrogen and oxygen atoms in total. The first-order valence-corrected chi connectivity index (χ1v) is 3.80. The van der Waals surface area contributed by atoms with Crippen molar-refractivity contribution in [2.24, 2.45) is 0 Å². The predicted molar refractivity (Wildman–Crippen MR) is 45.7 cm³/mol. The molecular weight excluding hydrogens is 190 g/mol. The molecule has 2 aromatic rings. The van der Waals surface area contributed by atoms with Gasteiger partial charge in [0, 0.05) is 6.07 Å². The van der Waals surface area contributed by atoms with Crippen LogP contribution in [0.25, 0.3) is 5.69 Å². The lowest BCUT2D eigenvalue weighted by atomic mass is 10.3. The van der Waals surface area contributed by atoms with Crippen LogP contribution in [0.15, 0.2) is 24.4 Å². The Hall–Kier alpha value is -1.98. The fourth-order valence-corrected chi connectivity index (χ4v) is 1.03. The van der Waals surface area contributed by atoms with Crippen molar-refractivity contribution in [3.8, 4) is 5.69 Å².